The number of nitrogens with zero attached hydrogens (tertiary/aromatic N) is 2. The predicted octanol–water partition coefficient (Wildman–Crippen LogP) is 2.48. The molecular formula is C19H29N3. The van der Waals surface area contributed by atoms with E-state index >= 15 is 0 Å². The molecule has 4 rings (SSSR count). The Morgan fingerprint density at radius 2 is 1.68 bits per heavy atom. The van der Waals surface area contributed by atoms with E-state index in [1.54, 1.807) is 0 Å². The van der Waals surface area contributed by atoms with Crippen molar-refractivity contribution in [3.63, 3.8) is 0 Å². The standard InChI is InChI=1S/C19H29N3/c1-2-7-16(8-3-1)15-22-14-11-20-19-17(9-6-10-18(19)22)21-12-4-5-13-21/h1-3,7-8,17-20H,4-6,9-15H2/t17-,18+,19-/m0/s1. The monoisotopic (exact) mass is 299 g/mol. The number of hydrogen-bond donors (Lipinski definition) is 1. The lowest BCUT2D eigenvalue weighted by Gasteiger charge is -2.50. The van der Waals surface area contributed by atoms with Gasteiger partial charge in [0.2, 0.25) is 0 Å². The third-order valence-electron chi connectivity index (χ3n) is 5.92. The quantitative estimate of drug-likeness (QED) is 0.925. The molecule has 0 unspecified atom stereocenters. The van der Waals surface area contributed by atoms with E-state index in [9.17, 15) is 0 Å². The zero-order valence-corrected chi connectivity index (χ0v) is 13.6. The first-order valence-corrected chi connectivity index (χ1v) is 9.17. The second kappa shape index (κ2) is 6.69. The van der Waals surface area contributed by atoms with Gasteiger partial charge >= 0.3 is 0 Å². The van der Waals surface area contributed by atoms with Crippen LogP contribution in [0.4, 0.5) is 0 Å². The van der Waals surface area contributed by atoms with Crippen molar-refractivity contribution in [2.75, 3.05) is 26.2 Å². The van der Waals surface area contributed by atoms with E-state index in [0.29, 0.717) is 6.04 Å². The first-order valence-electron chi connectivity index (χ1n) is 9.17. The maximum absolute atomic E-state index is 3.88. The van der Waals surface area contributed by atoms with Crippen LogP contribution in [-0.2, 0) is 6.54 Å². The first kappa shape index (κ1) is 14.7. The van der Waals surface area contributed by atoms with Gasteiger partial charge in [-0.2, -0.15) is 0 Å². The summed E-state index contributed by atoms with van der Waals surface area (Å²) in [4.78, 5) is 5.52. The van der Waals surface area contributed by atoms with Gasteiger partial charge in [0.1, 0.15) is 0 Å². The lowest BCUT2D eigenvalue weighted by Crippen LogP contribution is -2.66. The summed E-state index contributed by atoms with van der Waals surface area (Å²) in [6, 6.07) is 13.2. The van der Waals surface area contributed by atoms with Crippen LogP contribution in [-0.4, -0.2) is 54.1 Å². The second-order valence-corrected chi connectivity index (χ2v) is 7.24. The van der Waals surface area contributed by atoms with Crippen LogP contribution in [0.5, 0.6) is 0 Å². The van der Waals surface area contributed by atoms with Crippen molar-refractivity contribution in [3.05, 3.63) is 35.9 Å². The summed E-state index contributed by atoms with van der Waals surface area (Å²) in [6.07, 6.45) is 6.97. The molecule has 0 amide bonds. The fourth-order valence-electron chi connectivity index (χ4n) is 4.87. The highest BCUT2D eigenvalue weighted by molar-refractivity contribution is 5.15. The summed E-state index contributed by atoms with van der Waals surface area (Å²) in [5.74, 6) is 0. The number of benzene rings is 1. The van der Waals surface area contributed by atoms with E-state index in [1.165, 1.54) is 57.3 Å². The Kier molecular flexibility index (Phi) is 4.47. The van der Waals surface area contributed by atoms with Crippen molar-refractivity contribution < 1.29 is 0 Å². The molecule has 0 aromatic heterocycles. The van der Waals surface area contributed by atoms with Gasteiger partial charge in [-0.05, 0) is 44.3 Å². The number of rotatable bonds is 3. The van der Waals surface area contributed by atoms with Gasteiger partial charge in [-0.1, -0.05) is 36.8 Å². The largest absolute Gasteiger partial charge is 0.310 e. The molecule has 22 heavy (non-hydrogen) atoms. The van der Waals surface area contributed by atoms with Crippen LogP contribution < -0.4 is 5.32 Å². The summed E-state index contributed by atoms with van der Waals surface area (Å²) >= 11 is 0. The van der Waals surface area contributed by atoms with Crippen molar-refractivity contribution in [2.45, 2.75) is 56.8 Å². The van der Waals surface area contributed by atoms with Gasteiger partial charge in [0.15, 0.2) is 0 Å². The van der Waals surface area contributed by atoms with Gasteiger partial charge in [-0.15, -0.1) is 0 Å². The van der Waals surface area contributed by atoms with Crippen molar-refractivity contribution in [3.8, 4) is 0 Å². The Morgan fingerprint density at radius 1 is 0.909 bits per heavy atom. The smallest absolute Gasteiger partial charge is 0.0380 e. The van der Waals surface area contributed by atoms with Gasteiger partial charge in [-0.3, -0.25) is 9.80 Å². The Morgan fingerprint density at radius 3 is 2.50 bits per heavy atom. The molecule has 3 atom stereocenters. The fourth-order valence-corrected chi connectivity index (χ4v) is 4.87. The highest BCUT2D eigenvalue weighted by atomic mass is 15.3. The molecule has 1 aromatic rings. The summed E-state index contributed by atoms with van der Waals surface area (Å²) < 4.78 is 0. The lowest BCUT2D eigenvalue weighted by molar-refractivity contribution is 0.0278. The number of fused-ring (bicyclic) bond motifs is 1. The average molecular weight is 299 g/mol. The predicted molar refractivity (Wildman–Crippen MR) is 90.9 cm³/mol. The van der Waals surface area contributed by atoms with Crippen LogP contribution >= 0.6 is 0 Å². The summed E-state index contributed by atoms with van der Waals surface area (Å²) in [7, 11) is 0. The Balaban J connectivity index is 1.48. The minimum absolute atomic E-state index is 0.685. The molecule has 3 aliphatic rings. The fraction of sp³-hybridized carbons (Fsp3) is 0.684. The molecule has 1 aromatic carbocycles. The number of hydrogen-bond acceptors (Lipinski definition) is 3. The Bertz CT molecular complexity index is 469. The SMILES string of the molecule is c1ccc(CN2CCN[C@@H]3[C@H]2CCC[C@@H]3N2CCCC2)cc1. The average Bonchev–Trinajstić information content (AvgIpc) is 3.10. The summed E-state index contributed by atoms with van der Waals surface area (Å²) in [5, 5.41) is 3.88. The molecule has 0 radical (unpaired) electrons. The molecule has 1 N–H and O–H groups in total. The molecule has 2 aliphatic heterocycles. The van der Waals surface area contributed by atoms with Crippen LogP contribution in [0.25, 0.3) is 0 Å². The molecule has 0 spiro atoms. The van der Waals surface area contributed by atoms with E-state index in [-0.39, 0.29) is 0 Å². The van der Waals surface area contributed by atoms with Crippen molar-refractivity contribution >= 4 is 0 Å². The number of likely N-dealkylation sites (tertiary alicyclic amines) is 1. The minimum atomic E-state index is 0.685. The molecule has 120 valence electrons. The molecule has 0 bridgehead atoms. The highest BCUT2D eigenvalue weighted by Crippen LogP contribution is 2.31. The van der Waals surface area contributed by atoms with Crippen LogP contribution in [0.15, 0.2) is 30.3 Å². The van der Waals surface area contributed by atoms with Crippen molar-refractivity contribution in [1.82, 2.24) is 15.1 Å². The number of piperazine rings is 1. The maximum Gasteiger partial charge on any atom is 0.0380 e. The molecule has 2 heterocycles. The Labute approximate surface area is 134 Å². The molecule has 1 saturated carbocycles. The molecule has 3 nitrogen and oxygen atoms in total. The van der Waals surface area contributed by atoms with Gasteiger partial charge in [0, 0.05) is 37.8 Å². The third-order valence-corrected chi connectivity index (χ3v) is 5.92. The molecule has 3 fully saturated rings. The topological polar surface area (TPSA) is 18.5 Å². The molecule has 2 saturated heterocycles. The summed E-state index contributed by atoms with van der Waals surface area (Å²) in [6.45, 7) is 6.13. The zero-order valence-electron chi connectivity index (χ0n) is 13.6. The van der Waals surface area contributed by atoms with Crippen molar-refractivity contribution in [2.24, 2.45) is 0 Å². The first-order chi connectivity index (χ1) is 10.9. The van der Waals surface area contributed by atoms with Crippen LogP contribution in [0, 0.1) is 0 Å². The van der Waals surface area contributed by atoms with E-state index in [0.717, 1.165) is 25.2 Å². The van der Waals surface area contributed by atoms with E-state index < -0.39 is 0 Å². The second-order valence-electron chi connectivity index (χ2n) is 7.24. The van der Waals surface area contributed by atoms with Gasteiger partial charge in [0.25, 0.3) is 0 Å². The van der Waals surface area contributed by atoms with Gasteiger partial charge in [-0.25, -0.2) is 0 Å². The van der Waals surface area contributed by atoms with E-state index in [4.69, 9.17) is 0 Å². The van der Waals surface area contributed by atoms with E-state index in [2.05, 4.69) is 45.4 Å². The third kappa shape index (κ3) is 2.94. The van der Waals surface area contributed by atoms with Gasteiger partial charge < -0.3 is 5.32 Å². The molecule has 3 heteroatoms. The highest BCUT2D eigenvalue weighted by Gasteiger charge is 2.41. The zero-order chi connectivity index (χ0) is 14.8. The summed E-state index contributed by atoms with van der Waals surface area (Å²) in [5.41, 5.74) is 1.46. The normalized spacial score (nSPS) is 33.7. The number of nitrogens with one attached hydrogen (secondary N) is 1. The van der Waals surface area contributed by atoms with Crippen molar-refractivity contribution in [1.29, 1.82) is 0 Å². The molecular weight excluding hydrogens is 270 g/mol. The van der Waals surface area contributed by atoms with Gasteiger partial charge in [0.05, 0.1) is 0 Å². The lowest BCUT2D eigenvalue weighted by atomic mass is 9.82. The minimum Gasteiger partial charge on any atom is -0.310 e. The van der Waals surface area contributed by atoms with Crippen LogP contribution in [0.2, 0.25) is 0 Å². The van der Waals surface area contributed by atoms with Crippen LogP contribution in [0.1, 0.15) is 37.7 Å². The molecule has 1 aliphatic carbocycles. The Hall–Kier alpha value is -0.900. The maximum atomic E-state index is 3.88. The van der Waals surface area contributed by atoms with E-state index in [1.807, 2.05) is 0 Å². The van der Waals surface area contributed by atoms with Crippen LogP contribution in [0.3, 0.4) is 0 Å².